The molecule has 0 aliphatic rings. The monoisotopic (exact) mass is 247 g/mol. The number of nitrogens with zero attached hydrogens (tertiary/aromatic N) is 1. The van der Waals surface area contributed by atoms with Crippen molar-refractivity contribution in [3.05, 3.63) is 16.1 Å². The number of thiazole rings is 1. The van der Waals surface area contributed by atoms with Gasteiger partial charge in [0.25, 0.3) is 5.90 Å². The van der Waals surface area contributed by atoms with Gasteiger partial charge in [-0.15, -0.1) is 11.3 Å². The molecule has 88 valence electrons. The molecule has 0 atom stereocenters. The highest BCUT2D eigenvalue weighted by Gasteiger charge is 2.31. The van der Waals surface area contributed by atoms with Gasteiger partial charge in [-0.05, 0) is 6.42 Å². The Balaban J connectivity index is 2.69. The molecular formula is C9H11F2N3OS. The lowest BCUT2D eigenvalue weighted by Crippen LogP contribution is -2.28. The first kappa shape index (κ1) is 12.7. The Bertz CT molecular complexity index is 411. The highest BCUT2D eigenvalue weighted by Crippen LogP contribution is 2.18. The molecule has 1 aromatic heterocycles. The minimum absolute atomic E-state index is 0.339. The maximum absolute atomic E-state index is 12.6. The summed E-state index contributed by atoms with van der Waals surface area (Å²) in [6.45, 7) is 2.45. The lowest BCUT2D eigenvalue weighted by molar-refractivity contribution is 0.0790. The summed E-state index contributed by atoms with van der Waals surface area (Å²) in [7, 11) is 0. The fourth-order valence-corrected chi connectivity index (χ4v) is 1.56. The van der Waals surface area contributed by atoms with Crippen LogP contribution in [0.4, 0.5) is 8.78 Å². The normalized spacial score (nSPS) is 11.2. The second-order valence-corrected chi connectivity index (χ2v) is 4.24. The van der Waals surface area contributed by atoms with Gasteiger partial charge in [-0.1, -0.05) is 6.92 Å². The Labute approximate surface area is 95.3 Å². The van der Waals surface area contributed by atoms with E-state index in [1.165, 1.54) is 17.5 Å². The highest BCUT2D eigenvalue weighted by molar-refractivity contribution is 7.13. The van der Waals surface area contributed by atoms with Crippen LogP contribution in [-0.2, 0) is 11.2 Å². The van der Waals surface area contributed by atoms with Crippen LogP contribution in [0.2, 0.25) is 0 Å². The number of hydrogen-bond donors (Lipinski definition) is 2. The zero-order valence-corrected chi connectivity index (χ0v) is 9.62. The van der Waals surface area contributed by atoms with Crippen molar-refractivity contribution in [2.45, 2.75) is 26.2 Å². The third-order valence-corrected chi connectivity index (χ3v) is 2.82. The Morgan fingerprint density at radius 1 is 1.56 bits per heavy atom. The summed E-state index contributed by atoms with van der Waals surface area (Å²) >= 11 is 1.19. The van der Waals surface area contributed by atoms with Gasteiger partial charge < -0.3 is 4.74 Å². The lowest BCUT2D eigenvalue weighted by atomic mass is 10.4. The van der Waals surface area contributed by atoms with Crippen molar-refractivity contribution in [2.24, 2.45) is 0 Å². The molecule has 0 saturated carbocycles. The van der Waals surface area contributed by atoms with Gasteiger partial charge in [0.2, 0.25) is 5.90 Å². The molecule has 0 fully saturated rings. The summed E-state index contributed by atoms with van der Waals surface area (Å²) in [5.74, 6) is -5.07. The molecule has 0 bridgehead atoms. The zero-order valence-electron chi connectivity index (χ0n) is 8.80. The van der Waals surface area contributed by atoms with Crippen LogP contribution < -0.4 is 0 Å². The first-order valence-corrected chi connectivity index (χ1v) is 5.34. The van der Waals surface area contributed by atoms with Crippen molar-refractivity contribution < 1.29 is 13.5 Å². The topological polar surface area (TPSA) is 69.8 Å². The fraction of sp³-hybridized carbons (Fsp3) is 0.444. The first-order chi connectivity index (χ1) is 7.34. The molecule has 0 aromatic carbocycles. The SMILES string of the molecule is CCc1ncc(C(=N)OC(=N)C(C)(F)F)s1. The summed E-state index contributed by atoms with van der Waals surface area (Å²) < 4.78 is 29.7. The van der Waals surface area contributed by atoms with Crippen LogP contribution in [0.25, 0.3) is 0 Å². The second kappa shape index (κ2) is 4.65. The fourth-order valence-electron chi connectivity index (χ4n) is 0.821. The largest absolute Gasteiger partial charge is 0.418 e. The molecule has 1 rings (SSSR count). The Morgan fingerprint density at radius 3 is 2.62 bits per heavy atom. The Kier molecular flexibility index (Phi) is 3.69. The number of nitrogens with one attached hydrogen (secondary N) is 2. The number of halogens is 2. The van der Waals surface area contributed by atoms with E-state index in [1.807, 2.05) is 6.92 Å². The summed E-state index contributed by atoms with van der Waals surface area (Å²) in [5.41, 5.74) is 0. The average molecular weight is 247 g/mol. The van der Waals surface area contributed by atoms with E-state index in [-0.39, 0.29) is 0 Å². The number of hydrogen-bond acceptors (Lipinski definition) is 5. The molecule has 0 unspecified atom stereocenters. The predicted molar refractivity (Wildman–Crippen MR) is 57.8 cm³/mol. The van der Waals surface area contributed by atoms with Gasteiger partial charge in [0, 0.05) is 6.92 Å². The molecule has 1 aromatic rings. The van der Waals surface area contributed by atoms with E-state index in [4.69, 9.17) is 10.8 Å². The lowest BCUT2D eigenvalue weighted by Gasteiger charge is -2.11. The molecule has 0 amide bonds. The molecule has 0 aliphatic carbocycles. The quantitative estimate of drug-likeness (QED) is 0.636. The minimum atomic E-state index is -3.37. The molecular weight excluding hydrogens is 236 g/mol. The molecule has 7 heteroatoms. The van der Waals surface area contributed by atoms with Crippen molar-refractivity contribution in [2.75, 3.05) is 0 Å². The molecule has 0 radical (unpaired) electrons. The molecule has 1 heterocycles. The van der Waals surface area contributed by atoms with Crippen LogP contribution >= 0.6 is 11.3 Å². The standard InChI is InChI=1S/C9H11F2N3OS/c1-3-6-14-4-5(16-6)7(12)15-8(13)9(2,10)11/h4,12-13H,3H2,1-2H3. The van der Waals surface area contributed by atoms with E-state index in [1.54, 1.807) is 0 Å². The van der Waals surface area contributed by atoms with Crippen LogP contribution in [0, 0.1) is 10.8 Å². The molecule has 0 spiro atoms. The van der Waals surface area contributed by atoms with Gasteiger partial charge >= 0.3 is 5.92 Å². The number of alkyl halides is 2. The van der Waals surface area contributed by atoms with E-state index in [2.05, 4.69) is 9.72 Å². The van der Waals surface area contributed by atoms with Crippen LogP contribution in [0.1, 0.15) is 23.7 Å². The number of rotatable bonds is 3. The van der Waals surface area contributed by atoms with Crippen LogP contribution in [0.5, 0.6) is 0 Å². The third kappa shape index (κ3) is 3.06. The molecule has 4 nitrogen and oxygen atoms in total. The molecule has 16 heavy (non-hydrogen) atoms. The Hall–Kier alpha value is -1.37. The number of ether oxygens (including phenoxy) is 1. The van der Waals surface area contributed by atoms with Crippen molar-refractivity contribution >= 4 is 23.1 Å². The third-order valence-electron chi connectivity index (χ3n) is 1.68. The van der Waals surface area contributed by atoms with E-state index < -0.39 is 17.7 Å². The van der Waals surface area contributed by atoms with Crippen molar-refractivity contribution in [3.63, 3.8) is 0 Å². The predicted octanol–water partition coefficient (Wildman–Crippen LogP) is 2.68. The van der Waals surface area contributed by atoms with Crippen molar-refractivity contribution in [3.8, 4) is 0 Å². The van der Waals surface area contributed by atoms with Crippen LogP contribution in [-0.4, -0.2) is 22.7 Å². The summed E-state index contributed by atoms with van der Waals surface area (Å²) in [4.78, 5) is 4.30. The van der Waals surface area contributed by atoms with Crippen LogP contribution in [0.15, 0.2) is 6.20 Å². The maximum Gasteiger partial charge on any atom is 0.319 e. The van der Waals surface area contributed by atoms with Gasteiger partial charge in [-0.3, -0.25) is 10.8 Å². The zero-order chi connectivity index (χ0) is 12.3. The number of aromatic nitrogens is 1. The van der Waals surface area contributed by atoms with Gasteiger partial charge in [0.05, 0.1) is 11.2 Å². The van der Waals surface area contributed by atoms with Gasteiger partial charge in [0.1, 0.15) is 4.88 Å². The van der Waals surface area contributed by atoms with Gasteiger partial charge in [-0.2, -0.15) is 8.78 Å². The molecule has 2 N–H and O–H groups in total. The van der Waals surface area contributed by atoms with E-state index in [0.717, 1.165) is 5.01 Å². The van der Waals surface area contributed by atoms with Crippen molar-refractivity contribution in [1.29, 1.82) is 10.8 Å². The molecule has 0 saturated heterocycles. The minimum Gasteiger partial charge on any atom is -0.418 e. The highest BCUT2D eigenvalue weighted by atomic mass is 32.1. The van der Waals surface area contributed by atoms with Gasteiger partial charge in [-0.25, -0.2) is 4.98 Å². The van der Waals surface area contributed by atoms with E-state index in [0.29, 0.717) is 18.2 Å². The average Bonchev–Trinajstić information content (AvgIpc) is 2.64. The van der Waals surface area contributed by atoms with Gasteiger partial charge in [0.15, 0.2) is 0 Å². The maximum atomic E-state index is 12.6. The van der Waals surface area contributed by atoms with Crippen molar-refractivity contribution in [1.82, 2.24) is 4.98 Å². The summed E-state index contributed by atoms with van der Waals surface area (Å²) in [5, 5.41) is 15.1. The molecule has 0 aliphatic heterocycles. The Morgan fingerprint density at radius 2 is 2.19 bits per heavy atom. The van der Waals surface area contributed by atoms with E-state index in [9.17, 15) is 8.78 Å². The second-order valence-electron chi connectivity index (χ2n) is 3.12. The smallest absolute Gasteiger partial charge is 0.319 e. The summed E-state index contributed by atoms with van der Waals surface area (Å²) in [6.07, 6.45) is 2.09. The van der Waals surface area contributed by atoms with Crippen LogP contribution in [0.3, 0.4) is 0 Å². The van der Waals surface area contributed by atoms with E-state index >= 15 is 0 Å². The summed E-state index contributed by atoms with van der Waals surface area (Å²) in [6, 6.07) is 0. The number of aryl methyl sites for hydroxylation is 1. The first-order valence-electron chi connectivity index (χ1n) is 4.53.